The van der Waals surface area contributed by atoms with Crippen LogP contribution in [0.2, 0.25) is 0 Å². The smallest absolute Gasteiger partial charge is 0.243 e. The van der Waals surface area contributed by atoms with Crippen LogP contribution in [-0.2, 0) is 10.0 Å². The van der Waals surface area contributed by atoms with Gasteiger partial charge in [0.05, 0.1) is 4.90 Å². The molecule has 0 unspecified atom stereocenters. The third kappa shape index (κ3) is 4.21. The van der Waals surface area contributed by atoms with Gasteiger partial charge in [0, 0.05) is 19.2 Å². The fourth-order valence-corrected chi connectivity index (χ4v) is 3.79. The molecule has 1 N–H and O–H groups in total. The number of hydrogen-bond acceptors (Lipinski definition) is 3. The molecule has 0 bridgehead atoms. The molecule has 0 amide bonds. The Morgan fingerprint density at radius 3 is 2.15 bits per heavy atom. The Kier molecular flexibility index (Phi) is 6.49. The highest BCUT2D eigenvalue weighted by molar-refractivity contribution is 7.89. The van der Waals surface area contributed by atoms with E-state index in [1.807, 2.05) is 13.8 Å². The van der Waals surface area contributed by atoms with Crippen LogP contribution >= 0.6 is 0 Å². The lowest BCUT2D eigenvalue weighted by Crippen LogP contribution is -2.33. The van der Waals surface area contributed by atoms with Crippen LogP contribution in [0.1, 0.15) is 45.1 Å². The zero-order valence-electron chi connectivity index (χ0n) is 12.6. The summed E-state index contributed by atoms with van der Waals surface area (Å²) in [5, 5.41) is 9.55. The highest BCUT2D eigenvalue weighted by atomic mass is 32.2. The number of nitrogens with zero attached hydrogens (tertiary/aromatic N) is 1. The van der Waals surface area contributed by atoms with E-state index in [1.54, 1.807) is 17.3 Å². The van der Waals surface area contributed by atoms with Crippen molar-refractivity contribution in [3.63, 3.8) is 0 Å². The Bertz CT molecular complexity index is 518. The zero-order chi connectivity index (χ0) is 15.2. The molecule has 1 rings (SSSR count). The van der Waals surface area contributed by atoms with Gasteiger partial charge in [-0.2, -0.15) is 4.31 Å². The summed E-state index contributed by atoms with van der Waals surface area (Å²) in [6.07, 6.45) is 3.61. The standard InChI is InChI=1S/C15H25NO3S/c1-4-6-10-16(11-7-5-2)20(18,19)15-12-14(17)9-8-13(15)3/h8-9,12,17H,4-7,10-11H2,1-3H3. The molecule has 4 nitrogen and oxygen atoms in total. The SMILES string of the molecule is CCCCN(CCCC)S(=O)(=O)c1cc(O)ccc1C. The molecule has 0 fully saturated rings. The van der Waals surface area contributed by atoms with Crippen LogP contribution < -0.4 is 0 Å². The third-order valence-corrected chi connectivity index (χ3v) is 5.35. The van der Waals surface area contributed by atoms with E-state index in [0.29, 0.717) is 18.7 Å². The maximum atomic E-state index is 12.7. The van der Waals surface area contributed by atoms with Crippen molar-refractivity contribution in [2.75, 3.05) is 13.1 Å². The first kappa shape index (κ1) is 17.0. The second-order valence-electron chi connectivity index (χ2n) is 5.06. The molecule has 5 heteroatoms. The number of aromatic hydroxyl groups is 1. The van der Waals surface area contributed by atoms with Crippen molar-refractivity contribution in [3.05, 3.63) is 23.8 Å². The molecule has 0 spiro atoms. The molecule has 0 atom stereocenters. The van der Waals surface area contributed by atoms with Crippen LogP contribution in [0.3, 0.4) is 0 Å². The van der Waals surface area contributed by atoms with Gasteiger partial charge in [0.2, 0.25) is 10.0 Å². The molecule has 0 aliphatic rings. The van der Waals surface area contributed by atoms with Crippen LogP contribution in [0.25, 0.3) is 0 Å². The zero-order valence-corrected chi connectivity index (χ0v) is 13.4. The average Bonchev–Trinajstić information content (AvgIpc) is 2.41. The minimum Gasteiger partial charge on any atom is -0.508 e. The van der Waals surface area contributed by atoms with Gasteiger partial charge in [0.1, 0.15) is 5.75 Å². The summed E-state index contributed by atoms with van der Waals surface area (Å²) in [6.45, 7) is 6.92. The molecule has 0 aliphatic heterocycles. The molecule has 1 aromatic carbocycles. The Morgan fingerprint density at radius 1 is 1.10 bits per heavy atom. The minimum absolute atomic E-state index is 0.0138. The molecular formula is C15H25NO3S. The van der Waals surface area contributed by atoms with Crippen LogP contribution in [0.15, 0.2) is 23.1 Å². The average molecular weight is 299 g/mol. The summed E-state index contributed by atoms with van der Waals surface area (Å²) in [4.78, 5) is 0.213. The second kappa shape index (κ2) is 7.64. The predicted molar refractivity (Wildman–Crippen MR) is 81.4 cm³/mol. The van der Waals surface area contributed by atoms with Gasteiger partial charge >= 0.3 is 0 Å². The Balaban J connectivity index is 3.10. The van der Waals surface area contributed by atoms with Crippen molar-refractivity contribution < 1.29 is 13.5 Å². The van der Waals surface area contributed by atoms with Crippen molar-refractivity contribution in [1.82, 2.24) is 4.31 Å². The largest absolute Gasteiger partial charge is 0.508 e. The van der Waals surface area contributed by atoms with E-state index in [1.165, 1.54) is 12.1 Å². The minimum atomic E-state index is -3.53. The predicted octanol–water partition coefficient (Wildman–Crippen LogP) is 3.29. The lowest BCUT2D eigenvalue weighted by molar-refractivity contribution is 0.394. The van der Waals surface area contributed by atoms with E-state index in [0.717, 1.165) is 25.7 Å². The molecular weight excluding hydrogens is 274 g/mol. The maximum absolute atomic E-state index is 12.7. The number of phenols is 1. The first-order valence-corrected chi connectivity index (χ1v) is 8.67. The van der Waals surface area contributed by atoms with E-state index in [4.69, 9.17) is 0 Å². The Morgan fingerprint density at radius 2 is 1.65 bits per heavy atom. The van der Waals surface area contributed by atoms with Gasteiger partial charge in [0.25, 0.3) is 0 Å². The van der Waals surface area contributed by atoms with E-state index in [9.17, 15) is 13.5 Å². The molecule has 20 heavy (non-hydrogen) atoms. The highest BCUT2D eigenvalue weighted by Crippen LogP contribution is 2.24. The van der Waals surface area contributed by atoms with Crippen molar-refractivity contribution >= 4 is 10.0 Å². The lowest BCUT2D eigenvalue weighted by atomic mass is 10.2. The van der Waals surface area contributed by atoms with Crippen LogP contribution in [-0.4, -0.2) is 30.9 Å². The monoisotopic (exact) mass is 299 g/mol. The van der Waals surface area contributed by atoms with E-state index in [-0.39, 0.29) is 10.6 Å². The number of rotatable bonds is 8. The molecule has 0 saturated carbocycles. The van der Waals surface area contributed by atoms with Gasteiger partial charge in [-0.3, -0.25) is 0 Å². The van der Waals surface area contributed by atoms with Crippen LogP contribution in [0.5, 0.6) is 5.75 Å². The molecule has 0 heterocycles. The van der Waals surface area contributed by atoms with Gasteiger partial charge in [-0.15, -0.1) is 0 Å². The summed E-state index contributed by atoms with van der Waals surface area (Å²) in [5.41, 5.74) is 0.667. The number of phenolic OH excluding ortho intramolecular Hbond substituents is 1. The van der Waals surface area contributed by atoms with Gasteiger partial charge in [-0.05, 0) is 31.4 Å². The molecule has 0 saturated heterocycles. The number of sulfonamides is 1. The number of aryl methyl sites for hydroxylation is 1. The summed E-state index contributed by atoms with van der Waals surface area (Å²) >= 11 is 0. The van der Waals surface area contributed by atoms with Crippen molar-refractivity contribution in [1.29, 1.82) is 0 Å². The summed E-state index contributed by atoms with van der Waals surface area (Å²) < 4.78 is 27.0. The quantitative estimate of drug-likeness (QED) is 0.801. The third-order valence-electron chi connectivity index (χ3n) is 3.31. The summed E-state index contributed by atoms with van der Waals surface area (Å²) in [5.74, 6) is -0.0138. The number of hydrogen-bond donors (Lipinski definition) is 1. The maximum Gasteiger partial charge on any atom is 0.243 e. The van der Waals surface area contributed by atoms with Crippen molar-refractivity contribution in [2.24, 2.45) is 0 Å². The summed E-state index contributed by atoms with van der Waals surface area (Å²) in [6, 6.07) is 4.49. The lowest BCUT2D eigenvalue weighted by Gasteiger charge is -2.23. The molecule has 114 valence electrons. The molecule has 0 aromatic heterocycles. The van der Waals surface area contributed by atoms with Crippen molar-refractivity contribution in [2.45, 2.75) is 51.3 Å². The van der Waals surface area contributed by atoms with Crippen LogP contribution in [0.4, 0.5) is 0 Å². The van der Waals surface area contributed by atoms with E-state index >= 15 is 0 Å². The first-order valence-electron chi connectivity index (χ1n) is 7.23. The van der Waals surface area contributed by atoms with E-state index in [2.05, 4.69) is 0 Å². The van der Waals surface area contributed by atoms with E-state index < -0.39 is 10.0 Å². The molecule has 1 aromatic rings. The number of benzene rings is 1. The molecule has 0 aliphatic carbocycles. The second-order valence-corrected chi connectivity index (χ2v) is 6.97. The summed E-state index contributed by atoms with van der Waals surface area (Å²) in [7, 11) is -3.53. The fourth-order valence-electron chi connectivity index (χ4n) is 2.03. The molecule has 0 radical (unpaired) electrons. The highest BCUT2D eigenvalue weighted by Gasteiger charge is 2.25. The normalized spacial score (nSPS) is 12.0. The van der Waals surface area contributed by atoms with Gasteiger partial charge in [-0.1, -0.05) is 32.8 Å². The van der Waals surface area contributed by atoms with Crippen molar-refractivity contribution in [3.8, 4) is 5.75 Å². The Labute approximate surface area is 122 Å². The van der Waals surface area contributed by atoms with Gasteiger partial charge < -0.3 is 5.11 Å². The topological polar surface area (TPSA) is 57.6 Å². The first-order chi connectivity index (χ1) is 9.43. The Hall–Kier alpha value is -1.07. The number of unbranched alkanes of at least 4 members (excludes halogenated alkanes) is 2. The van der Waals surface area contributed by atoms with Gasteiger partial charge in [0.15, 0.2) is 0 Å². The van der Waals surface area contributed by atoms with Crippen LogP contribution in [0, 0.1) is 6.92 Å². The van der Waals surface area contributed by atoms with Gasteiger partial charge in [-0.25, -0.2) is 8.42 Å². The fraction of sp³-hybridized carbons (Fsp3) is 0.600.